The van der Waals surface area contributed by atoms with Crippen molar-refractivity contribution in [1.82, 2.24) is 5.32 Å². The van der Waals surface area contributed by atoms with E-state index in [1.165, 1.54) is 0 Å². The number of rotatable bonds is 4. The maximum absolute atomic E-state index is 5.30. The van der Waals surface area contributed by atoms with Crippen LogP contribution in [0.2, 0.25) is 0 Å². The Hall–Kier alpha value is -0.540. The second kappa shape index (κ2) is 4.48. The Bertz CT molecular complexity index is 257. The number of hydrogen-bond acceptors (Lipinski definition) is 2. The van der Waals surface area contributed by atoms with Crippen molar-refractivity contribution in [3.8, 4) is 0 Å². The fourth-order valence-electron chi connectivity index (χ4n) is 0.792. The molecular weight excluding hydrogens is 218 g/mol. The summed E-state index contributed by atoms with van der Waals surface area (Å²) in [5.41, 5.74) is 0. The first-order valence-corrected chi connectivity index (χ1v) is 4.62. The molecule has 0 fully saturated rings. The zero-order valence-electron chi connectivity index (χ0n) is 7.01. The monoisotopic (exact) mass is 229 g/mol. The molecule has 2 nitrogen and oxygen atoms in total. The first-order valence-electron chi connectivity index (χ1n) is 3.82. The molecule has 0 aromatic carbocycles. The lowest BCUT2D eigenvalue weighted by Gasteiger charge is -2.05. The SMILES string of the molecule is C=CC(C)NCc1ccc(Br)o1. The third kappa shape index (κ3) is 2.83. The quantitative estimate of drug-likeness (QED) is 0.804. The van der Waals surface area contributed by atoms with Gasteiger partial charge in [-0.1, -0.05) is 6.08 Å². The third-order valence-electron chi connectivity index (χ3n) is 1.58. The summed E-state index contributed by atoms with van der Waals surface area (Å²) in [6, 6.07) is 4.14. The molecule has 0 saturated heterocycles. The number of hydrogen-bond donors (Lipinski definition) is 1. The highest BCUT2D eigenvalue weighted by molar-refractivity contribution is 9.10. The van der Waals surface area contributed by atoms with Crippen molar-refractivity contribution in [1.29, 1.82) is 0 Å². The minimum absolute atomic E-state index is 0.314. The van der Waals surface area contributed by atoms with E-state index in [0.29, 0.717) is 6.04 Å². The lowest BCUT2D eigenvalue weighted by atomic mass is 10.3. The molecule has 0 saturated carbocycles. The van der Waals surface area contributed by atoms with E-state index in [4.69, 9.17) is 4.42 Å². The minimum atomic E-state index is 0.314. The van der Waals surface area contributed by atoms with E-state index in [1.807, 2.05) is 25.1 Å². The Morgan fingerprint density at radius 1 is 1.75 bits per heavy atom. The summed E-state index contributed by atoms with van der Waals surface area (Å²) in [6.07, 6.45) is 1.86. The molecule has 1 rings (SSSR count). The van der Waals surface area contributed by atoms with Gasteiger partial charge in [-0.25, -0.2) is 0 Å². The highest BCUT2D eigenvalue weighted by atomic mass is 79.9. The van der Waals surface area contributed by atoms with Crippen molar-refractivity contribution in [2.45, 2.75) is 19.5 Å². The van der Waals surface area contributed by atoms with Crippen molar-refractivity contribution in [2.24, 2.45) is 0 Å². The van der Waals surface area contributed by atoms with E-state index >= 15 is 0 Å². The summed E-state index contributed by atoms with van der Waals surface area (Å²) in [5.74, 6) is 0.926. The van der Waals surface area contributed by atoms with Crippen LogP contribution >= 0.6 is 15.9 Å². The lowest BCUT2D eigenvalue weighted by molar-refractivity contribution is 0.458. The van der Waals surface area contributed by atoms with Crippen LogP contribution in [0.4, 0.5) is 0 Å². The summed E-state index contributed by atoms with van der Waals surface area (Å²) >= 11 is 3.24. The topological polar surface area (TPSA) is 25.2 Å². The standard InChI is InChI=1S/C9H12BrNO/c1-3-7(2)11-6-8-4-5-9(10)12-8/h3-5,7,11H,1,6H2,2H3. The number of halogens is 1. The van der Waals surface area contributed by atoms with Gasteiger partial charge in [0, 0.05) is 6.04 Å². The van der Waals surface area contributed by atoms with E-state index < -0.39 is 0 Å². The highest BCUT2D eigenvalue weighted by Crippen LogP contribution is 2.13. The van der Waals surface area contributed by atoms with Crippen molar-refractivity contribution < 1.29 is 4.42 Å². The van der Waals surface area contributed by atoms with Crippen LogP contribution in [0.1, 0.15) is 12.7 Å². The Labute approximate surface area is 80.8 Å². The molecule has 66 valence electrons. The van der Waals surface area contributed by atoms with Gasteiger partial charge in [0.1, 0.15) is 5.76 Å². The third-order valence-corrected chi connectivity index (χ3v) is 2.01. The molecule has 0 radical (unpaired) electrons. The summed E-state index contributed by atoms with van der Waals surface area (Å²) < 4.78 is 6.07. The van der Waals surface area contributed by atoms with Crippen LogP contribution in [0.25, 0.3) is 0 Å². The van der Waals surface area contributed by atoms with Gasteiger partial charge in [0.05, 0.1) is 6.54 Å². The molecule has 1 aromatic rings. The Morgan fingerprint density at radius 3 is 3.00 bits per heavy atom. The predicted molar refractivity (Wildman–Crippen MR) is 52.9 cm³/mol. The molecule has 12 heavy (non-hydrogen) atoms. The van der Waals surface area contributed by atoms with E-state index in [2.05, 4.69) is 27.8 Å². The number of nitrogens with one attached hydrogen (secondary N) is 1. The molecule has 0 aliphatic carbocycles. The van der Waals surface area contributed by atoms with Gasteiger partial charge in [-0.2, -0.15) is 0 Å². The molecule has 0 aliphatic heterocycles. The largest absolute Gasteiger partial charge is 0.453 e. The normalized spacial score (nSPS) is 12.8. The Balaban J connectivity index is 2.37. The zero-order valence-corrected chi connectivity index (χ0v) is 8.60. The maximum Gasteiger partial charge on any atom is 0.169 e. The molecule has 0 bridgehead atoms. The summed E-state index contributed by atoms with van der Waals surface area (Å²) in [5, 5.41) is 3.23. The molecule has 0 aliphatic rings. The average molecular weight is 230 g/mol. The Morgan fingerprint density at radius 2 is 2.50 bits per heavy atom. The second-order valence-corrected chi connectivity index (χ2v) is 3.39. The van der Waals surface area contributed by atoms with Gasteiger partial charge in [-0.15, -0.1) is 6.58 Å². The van der Waals surface area contributed by atoms with Gasteiger partial charge in [0.25, 0.3) is 0 Å². The molecule has 0 spiro atoms. The van der Waals surface area contributed by atoms with Crippen LogP contribution in [0, 0.1) is 0 Å². The highest BCUT2D eigenvalue weighted by Gasteiger charge is 2.00. The molecule has 1 N–H and O–H groups in total. The van der Waals surface area contributed by atoms with Crippen LogP contribution < -0.4 is 5.32 Å². The number of furan rings is 1. The first-order chi connectivity index (χ1) is 5.72. The first kappa shape index (κ1) is 9.55. The summed E-state index contributed by atoms with van der Waals surface area (Å²) in [7, 11) is 0. The summed E-state index contributed by atoms with van der Waals surface area (Å²) in [4.78, 5) is 0. The lowest BCUT2D eigenvalue weighted by Crippen LogP contribution is -2.22. The molecule has 1 heterocycles. The molecule has 0 amide bonds. The van der Waals surface area contributed by atoms with E-state index in [0.717, 1.165) is 17.0 Å². The van der Waals surface area contributed by atoms with Crippen LogP contribution in [0.3, 0.4) is 0 Å². The predicted octanol–water partition coefficient (Wildman–Crippen LogP) is 2.71. The fourth-order valence-corrected chi connectivity index (χ4v) is 1.13. The molecule has 3 heteroatoms. The van der Waals surface area contributed by atoms with E-state index in [9.17, 15) is 0 Å². The smallest absolute Gasteiger partial charge is 0.169 e. The van der Waals surface area contributed by atoms with Gasteiger partial charge in [-0.3, -0.25) is 0 Å². The van der Waals surface area contributed by atoms with Crippen LogP contribution in [-0.4, -0.2) is 6.04 Å². The van der Waals surface area contributed by atoms with Crippen molar-refractivity contribution in [3.63, 3.8) is 0 Å². The van der Waals surface area contributed by atoms with Crippen LogP contribution in [-0.2, 0) is 6.54 Å². The van der Waals surface area contributed by atoms with Crippen molar-refractivity contribution in [3.05, 3.63) is 35.2 Å². The van der Waals surface area contributed by atoms with Gasteiger partial charge < -0.3 is 9.73 Å². The van der Waals surface area contributed by atoms with Gasteiger partial charge in [0.15, 0.2) is 4.67 Å². The average Bonchev–Trinajstić information content (AvgIpc) is 2.47. The van der Waals surface area contributed by atoms with Gasteiger partial charge in [-0.05, 0) is 35.0 Å². The fraction of sp³-hybridized carbons (Fsp3) is 0.333. The van der Waals surface area contributed by atoms with Gasteiger partial charge >= 0.3 is 0 Å². The summed E-state index contributed by atoms with van der Waals surface area (Å²) in [6.45, 7) is 6.46. The minimum Gasteiger partial charge on any atom is -0.453 e. The molecule has 1 atom stereocenters. The van der Waals surface area contributed by atoms with E-state index in [1.54, 1.807) is 0 Å². The Kier molecular flexibility index (Phi) is 3.56. The zero-order chi connectivity index (χ0) is 8.97. The molecule has 1 unspecified atom stereocenters. The van der Waals surface area contributed by atoms with Crippen LogP contribution in [0.5, 0.6) is 0 Å². The second-order valence-electron chi connectivity index (χ2n) is 2.61. The molecule has 1 aromatic heterocycles. The maximum atomic E-state index is 5.30. The van der Waals surface area contributed by atoms with Gasteiger partial charge in [0.2, 0.25) is 0 Å². The van der Waals surface area contributed by atoms with Crippen LogP contribution in [0.15, 0.2) is 33.9 Å². The van der Waals surface area contributed by atoms with Crippen molar-refractivity contribution >= 4 is 15.9 Å². The molecular formula is C9H12BrNO. The van der Waals surface area contributed by atoms with E-state index in [-0.39, 0.29) is 0 Å². The van der Waals surface area contributed by atoms with Crippen molar-refractivity contribution in [2.75, 3.05) is 0 Å².